The molecule has 0 aliphatic carbocycles. The molecule has 6 rings (SSSR count). The lowest BCUT2D eigenvalue weighted by atomic mass is 9.96. The second kappa shape index (κ2) is 5.76. The fraction of sp³-hybridized carbons (Fsp3) is 0.190. The predicted molar refractivity (Wildman–Crippen MR) is 102 cm³/mol. The molecule has 0 N–H and O–H groups in total. The summed E-state index contributed by atoms with van der Waals surface area (Å²) in [4.78, 5) is 1.16. The van der Waals surface area contributed by atoms with Crippen molar-refractivity contribution in [2.75, 3.05) is 6.79 Å². The van der Waals surface area contributed by atoms with Crippen LogP contribution in [0, 0.1) is 0 Å². The number of rotatable bonds is 2. The van der Waals surface area contributed by atoms with Gasteiger partial charge in [-0.3, -0.25) is 0 Å². The van der Waals surface area contributed by atoms with Crippen LogP contribution in [0.25, 0.3) is 0 Å². The van der Waals surface area contributed by atoms with Crippen LogP contribution in [0.5, 0.6) is 17.2 Å². The molecule has 2 aromatic carbocycles. The molecular weight excluding hydrogens is 360 g/mol. The minimum Gasteiger partial charge on any atom is -0.464 e. The van der Waals surface area contributed by atoms with Gasteiger partial charge in [-0.2, -0.15) is 5.10 Å². The highest BCUT2D eigenvalue weighted by atomic mass is 32.1. The lowest BCUT2D eigenvalue weighted by molar-refractivity contribution is -0.0165. The van der Waals surface area contributed by atoms with E-state index in [1.807, 2.05) is 24.3 Å². The molecule has 0 saturated heterocycles. The topological polar surface area (TPSA) is 43.3 Å². The molecule has 1 aromatic heterocycles. The molecule has 4 heterocycles. The first kappa shape index (κ1) is 15.1. The highest BCUT2D eigenvalue weighted by molar-refractivity contribution is 7.10. The monoisotopic (exact) mass is 376 g/mol. The van der Waals surface area contributed by atoms with E-state index in [4.69, 9.17) is 19.3 Å². The number of para-hydroxylation sites is 1. The first-order valence-corrected chi connectivity index (χ1v) is 9.79. The molecule has 0 spiro atoms. The van der Waals surface area contributed by atoms with Gasteiger partial charge >= 0.3 is 0 Å². The maximum Gasteiger partial charge on any atom is 0.231 e. The molecule has 6 heteroatoms. The number of hydrogen-bond acceptors (Lipinski definition) is 6. The molecule has 0 bridgehead atoms. The summed E-state index contributed by atoms with van der Waals surface area (Å²) in [5.74, 6) is 2.52. The van der Waals surface area contributed by atoms with Crippen molar-refractivity contribution in [2.24, 2.45) is 5.10 Å². The minimum absolute atomic E-state index is 0.169. The summed E-state index contributed by atoms with van der Waals surface area (Å²) in [6, 6.07) is 18.6. The molecule has 5 nitrogen and oxygen atoms in total. The smallest absolute Gasteiger partial charge is 0.231 e. The third-order valence-corrected chi connectivity index (χ3v) is 6.09. The lowest BCUT2D eigenvalue weighted by Gasteiger charge is -2.37. The Kier molecular flexibility index (Phi) is 3.22. The van der Waals surface area contributed by atoms with Crippen LogP contribution in [0.1, 0.15) is 34.7 Å². The number of fused-ring (bicyclic) bond motifs is 4. The zero-order valence-corrected chi connectivity index (χ0v) is 15.2. The first-order valence-electron chi connectivity index (χ1n) is 8.92. The summed E-state index contributed by atoms with van der Waals surface area (Å²) in [6.45, 7) is 0.279. The predicted octanol–water partition coefficient (Wildman–Crippen LogP) is 4.72. The van der Waals surface area contributed by atoms with Gasteiger partial charge in [-0.15, -0.1) is 11.3 Å². The van der Waals surface area contributed by atoms with Crippen LogP contribution in [0.15, 0.2) is 65.1 Å². The van der Waals surface area contributed by atoms with Crippen LogP contribution >= 0.6 is 11.3 Å². The Morgan fingerprint density at radius 2 is 1.89 bits per heavy atom. The number of ether oxygens (including phenoxy) is 3. The van der Waals surface area contributed by atoms with Crippen LogP contribution < -0.4 is 14.2 Å². The Labute approximate surface area is 160 Å². The summed E-state index contributed by atoms with van der Waals surface area (Å²) >= 11 is 1.69. The fourth-order valence-corrected chi connectivity index (χ4v) is 4.65. The Bertz CT molecular complexity index is 1050. The van der Waals surface area contributed by atoms with Crippen molar-refractivity contribution in [3.63, 3.8) is 0 Å². The van der Waals surface area contributed by atoms with E-state index in [1.165, 1.54) is 5.56 Å². The highest BCUT2D eigenvalue weighted by Gasteiger charge is 2.41. The minimum atomic E-state index is -0.198. The molecule has 134 valence electrons. The number of hydrogen-bond donors (Lipinski definition) is 0. The van der Waals surface area contributed by atoms with Gasteiger partial charge in [-0.1, -0.05) is 24.3 Å². The van der Waals surface area contributed by atoms with Gasteiger partial charge in [-0.25, -0.2) is 5.01 Å². The van der Waals surface area contributed by atoms with Gasteiger partial charge in [-0.05, 0) is 35.7 Å². The number of benzene rings is 2. The van der Waals surface area contributed by atoms with Gasteiger partial charge < -0.3 is 14.2 Å². The summed E-state index contributed by atoms with van der Waals surface area (Å²) in [6.07, 6.45) is 0.637. The number of hydrazone groups is 1. The lowest BCUT2D eigenvalue weighted by Crippen LogP contribution is -2.33. The van der Waals surface area contributed by atoms with E-state index in [-0.39, 0.29) is 19.1 Å². The quantitative estimate of drug-likeness (QED) is 0.649. The molecular formula is C21H16N2O3S. The van der Waals surface area contributed by atoms with Gasteiger partial charge in [0.2, 0.25) is 13.0 Å². The highest BCUT2D eigenvalue weighted by Crippen LogP contribution is 2.48. The molecule has 3 aromatic rings. The van der Waals surface area contributed by atoms with Crippen molar-refractivity contribution < 1.29 is 14.2 Å². The maximum atomic E-state index is 6.33. The zero-order valence-electron chi connectivity index (χ0n) is 14.4. The molecule has 0 amide bonds. The van der Waals surface area contributed by atoms with Gasteiger partial charge in [0, 0.05) is 17.5 Å². The fourth-order valence-electron chi connectivity index (χ4n) is 3.90. The van der Waals surface area contributed by atoms with Gasteiger partial charge in [0.05, 0.1) is 16.6 Å². The maximum absolute atomic E-state index is 6.33. The summed E-state index contributed by atoms with van der Waals surface area (Å²) < 4.78 is 17.3. The molecule has 3 aliphatic heterocycles. The molecule has 27 heavy (non-hydrogen) atoms. The number of nitrogens with zero attached hydrogens (tertiary/aromatic N) is 2. The van der Waals surface area contributed by atoms with Gasteiger partial charge in [0.25, 0.3) is 0 Å². The Morgan fingerprint density at radius 1 is 0.963 bits per heavy atom. The van der Waals surface area contributed by atoms with Crippen molar-refractivity contribution in [1.82, 2.24) is 5.01 Å². The van der Waals surface area contributed by atoms with E-state index in [9.17, 15) is 0 Å². The Morgan fingerprint density at radius 3 is 2.81 bits per heavy atom. The second-order valence-corrected chi connectivity index (χ2v) is 7.72. The van der Waals surface area contributed by atoms with Crippen molar-refractivity contribution in [3.8, 4) is 17.2 Å². The SMILES string of the molecule is c1csc([C@@H]2Oc3ccccc3[C@@H]3CC(c4ccc5c(c4)OCO5)=NN32)c1. The third kappa shape index (κ3) is 2.33. The van der Waals surface area contributed by atoms with Crippen LogP contribution in [0.2, 0.25) is 0 Å². The molecule has 2 atom stereocenters. The normalized spacial score (nSPS) is 22.1. The zero-order chi connectivity index (χ0) is 17.8. The van der Waals surface area contributed by atoms with E-state index >= 15 is 0 Å². The molecule has 0 unspecified atom stereocenters. The average Bonchev–Trinajstić information content (AvgIpc) is 3.47. The van der Waals surface area contributed by atoms with E-state index in [0.717, 1.165) is 39.8 Å². The van der Waals surface area contributed by atoms with Crippen molar-refractivity contribution in [2.45, 2.75) is 18.7 Å². The van der Waals surface area contributed by atoms with E-state index < -0.39 is 0 Å². The van der Waals surface area contributed by atoms with Gasteiger partial charge in [0.15, 0.2) is 11.5 Å². The second-order valence-electron chi connectivity index (χ2n) is 6.74. The molecule has 0 saturated carbocycles. The summed E-state index contributed by atoms with van der Waals surface area (Å²) in [5.41, 5.74) is 3.29. The third-order valence-electron chi connectivity index (χ3n) is 5.19. The Balaban J connectivity index is 1.43. The van der Waals surface area contributed by atoms with E-state index in [0.29, 0.717) is 0 Å². The largest absolute Gasteiger partial charge is 0.464 e. The molecule has 0 fully saturated rings. The standard InChI is InChI=1S/C21H16N2O3S/c1-2-5-17-14(4-1)16-11-15(13-7-8-18-19(10-13)25-12-24-18)22-23(16)21(26-17)20-6-3-9-27-20/h1-10,16,21H,11-12H2/t16-,21-/m0/s1. The molecule has 3 aliphatic rings. The van der Waals surface area contributed by atoms with Crippen LogP contribution in [0.3, 0.4) is 0 Å². The number of thiophene rings is 1. The Hall–Kier alpha value is -2.99. The van der Waals surface area contributed by atoms with Crippen molar-refractivity contribution in [3.05, 3.63) is 76.0 Å². The summed E-state index contributed by atoms with van der Waals surface area (Å²) in [7, 11) is 0. The van der Waals surface area contributed by atoms with Crippen molar-refractivity contribution >= 4 is 17.0 Å². The van der Waals surface area contributed by atoms with E-state index in [1.54, 1.807) is 11.3 Å². The van der Waals surface area contributed by atoms with Crippen LogP contribution in [-0.4, -0.2) is 17.5 Å². The molecule has 0 radical (unpaired) electrons. The average molecular weight is 376 g/mol. The summed E-state index contributed by atoms with van der Waals surface area (Å²) in [5, 5.41) is 9.16. The van der Waals surface area contributed by atoms with Crippen molar-refractivity contribution in [1.29, 1.82) is 0 Å². The first-order chi connectivity index (χ1) is 13.4. The van der Waals surface area contributed by atoms with Crippen LogP contribution in [0.4, 0.5) is 0 Å². The van der Waals surface area contributed by atoms with Gasteiger partial charge in [0.1, 0.15) is 5.75 Å². The van der Waals surface area contributed by atoms with E-state index in [2.05, 4.69) is 40.7 Å². The van der Waals surface area contributed by atoms with Crippen LogP contribution in [-0.2, 0) is 0 Å².